The summed E-state index contributed by atoms with van der Waals surface area (Å²) < 4.78 is 0. The summed E-state index contributed by atoms with van der Waals surface area (Å²) in [5.74, 6) is 1.80. The molecule has 7 nitrogen and oxygen atoms in total. The largest absolute Gasteiger partial charge is 0.347 e. The molecule has 0 bridgehead atoms. The van der Waals surface area contributed by atoms with Crippen molar-refractivity contribution in [3.8, 4) is 0 Å². The monoisotopic (exact) mass is 346 g/mol. The number of nitrogens with one attached hydrogen (secondary N) is 1. The number of aromatic nitrogens is 3. The van der Waals surface area contributed by atoms with E-state index in [1.807, 2.05) is 30.4 Å². The van der Waals surface area contributed by atoms with E-state index in [1.165, 1.54) is 17.8 Å². The van der Waals surface area contributed by atoms with Gasteiger partial charge in [0.1, 0.15) is 0 Å². The van der Waals surface area contributed by atoms with Crippen LogP contribution in [0, 0.1) is 0 Å². The van der Waals surface area contributed by atoms with E-state index < -0.39 is 0 Å². The van der Waals surface area contributed by atoms with Gasteiger partial charge in [-0.1, -0.05) is 6.07 Å². The molecule has 1 aliphatic heterocycles. The molecular weight excluding hydrogens is 324 g/mol. The maximum atomic E-state index is 12.1. The molecule has 0 unspecified atom stereocenters. The quantitative estimate of drug-likeness (QED) is 0.892. The van der Waals surface area contributed by atoms with Gasteiger partial charge in [0.2, 0.25) is 11.9 Å². The van der Waals surface area contributed by atoms with Gasteiger partial charge in [0.25, 0.3) is 5.91 Å². The van der Waals surface area contributed by atoms with Gasteiger partial charge >= 0.3 is 0 Å². The Kier molecular flexibility index (Phi) is 5.24. The smallest absolute Gasteiger partial charge is 0.261 e. The fourth-order valence-electron chi connectivity index (χ4n) is 2.56. The molecule has 1 N–H and O–H groups in total. The Hall–Kier alpha value is -2.22. The standard InChI is InChI=1S/C16H22N6OS/c1-21(2)15-18-13(11-17-14(23)12-7-6-10-24-12)19-16(20-15)22-8-4-3-5-9-22/h6-7,10H,3-5,8-9,11H2,1-2H3,(H,17,23). The zero-order valence-electron chi connectivity index (χ0n) is 14.0. The summed E-state index contributed by atoms with van der Waals surface area (Å²) in [5.41, 5.74) is 0. The Bertz CT molecular complexity index is 682. The zero-order chi connectivity index (χ0) is 16.9. The predicted octanol–water partition coefficient (Wildman–Crippen LogP) is 1.92. The van der Waals surface area contributed by atoms with Crippen LogP contribution in [0.4, 0.5) is 11.9 Å². The van der Waals surface area contributed by atoms with E-state index in [2.05, 4.69) is 25.2 Å². The Morgan fingerprint density at radius 3 is 2.71 bits per heavy atom. The van der Waals surface area contributed by atoms with E-state index in [1.54, 1.807) is 6.07 Å². The highest BCUT2D eigenvalue weighted by Gasteiger charge is 2.17. The molecule has 1 aliphatic rings. The van der Waals surface area contributed by atoms with Crippen molar-refractivity contribution in [3.05, 3.63) is 28.2 Å². The lowest BCUT2D eigenvalue weighted by atomic mass is 10.1. The van der Waals surface area contributed by atoms with Gasteiger partial charge in [-0.3, -0.25) is 4.79 Å². The van der Waals surface area contributed by atoms with E-state index in [4.69, 9.17) is 0 Å². The summed E-state index contributed by atoms with van der Waals surface area (Å²) in [6.45, 7) is 2.23. The second-order valence-corrected chi connectivity index (χ2v) is 6.90. The average Bonchev–Trinajstić information content (AvgIpc) is 3.15. The van der Waals surface area contributed by atoms with Crippen LogP contribution in [0.1, 0.15) is 34.8 Å². The van der Waals surface area contributed by atoms with Crippen molar-refractivity contribution in [2.24, 2.45) is 0 Å². The van der Waals surface area contributed by atoms with Crippen LogP contribution in [0.3, 0.4) is 0 Å². The molecule has 2 aromatic heterocycles. The van der Waals surface area contributed by atoms with Gasteiger partial charge in [0.05, 0.1) is 11.4 Å². The van der Waals surface area contributed by atoms with E-state index in [-0.39, 0.29) is 5.91 Å². The van der Waals surface area contributed by atoms with Gasteiger partial charge < -0.3 is 15.1 Å². The molecule has 0 aliphatic carbocycles. The van der Waals surface area contributed by atoms with E-state index in [0.717, 1.165) is 25.9 Å². The Morgan fingerprint density at radius 2 is 2.04 bits per heavy atom. The SMILES string of the molecule is CN(C)c1nc(CNC(=O)c2cccs2)nc(N2CCCCC2)n1. The normalized spacial score (nSPS) is 14.5. The minimum Gasteiger partial charge on any atom is -0.347 e. The molecule has 8 heteroatoms. The van der Waals surface area contributed by atoms with Gasteiger partial charge in [-0.25, -0.2) is 0 Å². The van der Waals surface area contributed by atoms with Crippen LogP contribution in [0.15, 0.2) is 17.5 Å². The zero-order valence-corrected chi connectivity index (χ0v) is 14.8. The second-order valence-electron chi connectivity index (χ2n) is 5.95. The molecule has 0 atom stereocenters. The predicted molar refractivity (Wildman–Crippen MR) is 95.7 cm³/mol. The fourth-order valence-corrected chi connectivity index (χ4v) is 3.20. The number of thiophene rings is 1. The Labute approximate surface area is 145 Å². The molecule has 0 radical (unpaired) electrons. The van der Waals surface area contributed by atoms with E-state index >= 15 is 0 Å². The van der Waals surface area contributed by atoms with Gasteiger partial charge in [-0.2, -0.15) is 15.0 Å². The summed E-state index contributed by atoms with van der Waals surface area (Å²) in [6, 6.07) is 3.67. The maximum Gasteiger partial charge on any atom is 0.261 e. The Balaban J connectivity index is 1.75. The van der Waals surface area contributed by atoms with Crippen LogP contribution < -0.4 is 15.1 Å². The number of nitrogens with zero attached hydrogens (tertiary/aromatic N) is 5. The number of carbonyl (C=O) groups excluding carboxylic acids is 1. The van der Waals surface area contributed by atoms with E-state index in [0.29, 0.717) is 29.1 Å². The number of hydrogen-bond donors (Lipinski definition) is 1. The molecule has 0 aromatic carbocycles. The first-order valence-electron chi connectivity index (χ1n) is 8.12. The van der Waals surface area contributed by atoms with Crippen molar-refractivity contribution >= 4 is 29.1 Å². The minimum absolute atomic E-state index is 0.101. The van der Waals surface area contributed by atoms with Crippen LogP contribution >= 0.6 is 11.3 Å². The molecule has 0 spiro atoms. The third kappa shape index (κ3) is 4.00. The third-order valence-corrected chi connectivity index (χ3v) is 4.72. The number of piperidine rings is 1. The lowest BCUT2D eigenvalue weighted by Crippen LogP contribution is -2.32. The molecule has 1 saturated heterocycles. The van der Waals surface area contributed by atoms with Gasteiger partial charge in [-0.15, -0.1) is 11.3 Å². The summed E-state index contributed by atoms with van der Waals surface area (Å²) in [7, 11) is 3.81. The van der Waals surface area contributed by atoms with Crippen molar-refractivity contribution in [2.45, 2.75) is 25.8 Å². The van der Waals surface area contributed by atoms with Crippen LogP contribution in [0.5, 0.6) is 0 Å². The first-order chi connectivity index (χ1) is 11.6. The molecule has 2 aromatic rings. The van der Waals surface area contributed by atoms with Crippen LogP contribution in [-0.2, 0) is 6.54 Å². The lowest BCUT2D eigenvalue weighted by molar-refractivity contribution is 0.0954. The summed E-state index contributed by atoms with van der Waals surface area (Å²) in [4.78, 5) is 30.4. The van der Waals surface area contributed by atoms with Crippen molar-refractivity contribution in [1.82, 2.24) is 20.3 Å². The summed E-state index contributed by atoms with van der Waals surface area (Å²) in [5, 5.41) is 4.76. The van der Waals surface area contributed by atoms with Crippen molar-refractivity contribution in [2.75, 3.05) is 37.0 Å². The van der Waals surface area contributed by atoms with E-state index in [9.17, 15) is 4.79 Å². The molecular formula is C16H22N6OS. The number of anilines is 2. The van der Waals surface area contributed by atoms with Crippen molar-refractivity contribution in [3.63, 3.8) is 0 Å². The van der Waals surface area contributed by atoms with Crippen molar-refractivity contribution in [1.29, 1.82) is 0 Å². The number of hydrogen-bond acceptors (Lipinski definition) is 7. The average molecular weight is 346 g/mol. The van der Waals surface area contributed by atoms with Gasteiger partial charge in [-0.05, 0) is 30.7 Å². The van der Waals surface area contributed by atoms with Gasteiger partial charge in [0.15, 0.2) is 5.82 Å². The lowest BCUT2D eigenvalue weighted by Gasteiger charge is -2.27. The molecule has 24 heavy (non-hydrogen) atoms. The molecule has 1 fully saturated rings. The first kappa shape index (κ1) is 16.6. The minimum atomic E-state index is -0.101. The highest BCUT2D eigenvalue weighted by atomic mass is 32.1. The van der Waals surface area contributed by atoms with Crippen LogP contribution in [0.2, 0.25) is 0 Å². The third-order valence-electron chi connectivity index (χ3n) is 3.85. The molecule has 0 saturated carbocycles. The topological polar surface area (TPSA) is 74.2 Å². The summed E-state index contributed by atoms with van der Waals surface area (Å²) >= 11 is 1.42. The number of carbonyl (C=O) groups is 1. The van der Waals surface area contributed by atoms with Crippen LogP contribution in [0.25, 0.3) is 0 Å². The second kappa shape index (κ2) is 7.57. The molecule has 128 valence electrons. The first-order valence-corrected chi connectivity index (χ1v) is 9.00. The summed E-state index contributed by atoms with van der Waals surface area (Å²) in [6.07, 6.45) is 3.58. The molecule has 1 amide bonds. The maximum absolute atomic E-state index is 12.1. The number of amides is 1. The fraction of sp³-hybridized carbons (Fsp3) is 0.500. The van der Waals surface area contributed by atoms with Gasteiger partial charge in [0, 0.05) is 27.2 Å². The highest BCUT2D eigenvalue weighted by Crippen LogP contribution is 2.18. The van der Waals surface area contributed by atoms with Crippen molar-refractivity contribution < 1.29 is 4.79 Å². The molecule has 3 heterocycles. The molecule has 3 rings (SSSR count). The Morgan fingerprint density at radius 1 is 1.25 bits per heavy atom. The van der Waals surface area contributed by atoms with Crippen LogP contribution in [-0.4, -0.2) is 48.0 Å². The highest BCUT2D eigenvalue weighted by molar-refractivity contribution is 7.12. The number of rotatable bonds is 5.